The second kappa shape index (κ2) is 7.04. The van der Waals surface area contributed by atoms with Gasteiger partial charge in [0.1, 0.15) is 5.75 Å². The molecule has 1 aromatic rings. The molecule has 0 fully saturated rings. The van der Waals surface area contributed by atoms with Gasteiger partial charge in [0.2, 0.25) is 0 Å². The Morgan fingerprint density at radius 2 is 1.82 bits per heavy atom. The van der Waals surface area contributed by atoms with Crippen molar-refractivity contribution in [3.05, 3.63) is 30.3 Å². The van der Waals surface area contributed by atoms with Crippen molar-refractivity contribution in [2.45, 2.75) is 0 Å². The van der Waals surface area contributed by atoms with E-state index in [1.54, 1.807) is 0 Å². The number of benzene rings is 1. The van der Waals surface area contributed by atoms with Crippen molar-refractivity contribution in [1.29, 1.82) is 0 Å². The van der Waals surface area contributed by atoms with Crippen LogP contribution in [0.15, 0.2) is 30.3 Å². The standard InChI is InChI=1S/C8H10OS.Na/c10-7-6-9-8-4-2-1-3-5-8;/h1-5,10H,6-7H2;/q;+1/p-1. The van der Waals surface area contributed by atoms with Crippen LogP contribution in [0.4, 0.5) is 0 Å². The number of hydrogen-bond acceptors (Lipinski definition) is 2. The van der Waals surface area contributed by atoms with E-state index in [2.05, 4.69) is 0 Å². The first-order chi connectivity index (χ1) is 4.93. The molecule has 0 saturated carbocycles. The van der Waals surface area contributed by atoms with E-state index in [1.165, 1.54) is 0 Å². The molecule has 11 heavy (non-hydrogen) atoms. The summed E-state index contributed by atoms with van der Waals surface area (Å²) in [4.78, 5) is 0. The van der Waals surface area contributed by atoms with Gasteiger partial charge in [-0.1, -0.05) is 18.2 Å². The van der Waals surface area contributed by atoms with E-state index in [9.17, 15) is 0 Å². The van der Waals surface area contributed by atoms with Crippen molar-refractivity contribution < 1.29 is 34.3 Å². The minimum Gasteiger partial charge on any atom is -0.789 e. The van der Waals surface area contributed by atoms with Crippen molar-refractivity contribution in [2.75, 3.05) is 12.4 Å². The largest absolute Gasteiger partial charge is 1.00 e. The van der Waals surface area contributed by atoms with Gasteiger partial charge in [-0.2, -0.15) is 0 Å². The fourth-order valence-corrected chi connectivity index (χ4v) is 0.760. The van der Waals surface area contributed by atoms with Gasteiger partial charge >= 0.3 is 29.6 Å². The summed E-state index contributed by atoms with van der Waals surface area (Å²) in [6, 6.07) is 9.69. The molecule has 0 bridgehead atoms. The third-order valence-electron chi connectivity index (χ3n) is 1.10. The Hall–Kier alpha value is 0.370. The first-order valence-corrected chi connectivity index (χ1v) is 3.77. The summed E-state index contributed by atoms with van der Waals surface area (Å²) >= 11 is 4.73. The quantitative estimate of drug-likeness (QED) is 0.414. The molecule has 0 aliphatic carbocycles. The summed E-state index contributed by atoms with van der Waals surface area (Å²) < 4.78 is 5.25. The normalized spacial score (nSPS) is 8.45. The molecule has 0 saturated heterocycles. The fourth-order valence-electron chi connectivity index (χ4n) is 0.676. The molecule has 0 aliphatic rings. The maximum Gasteiger partial charge on any atom is 1.00 e. The van der Waals surface area contributed by atoms with Gasteiger partial charge < -0.3 is 17.4 Å². The number of para-hydroxylation sites is 1. The molecule has 0 N–H and O–H groups in total. The van der Waals surface area contributed by atoms with Gasteiger partial charge in [0.15, 0.2) is 0 Å². The van der Waals surface area contributed by atoms with E-state index in [-0.39, 0.29) is 29.6 Å². The predicted octanol–water partition coefficient (Wildman–Crippen LogP) is -1.38. The zero-order valence-electron chi connectivity index (χ0n) is 6.62. The van der Waals surface area contributed by atoms with E-state index in [0.29, 0.717) is 12.4 Å². The first kappa shape index (κ1) is 11.4. The fraction of sp³-hybridized carbons (Fsp3) is 0.250. The van der Waals surface area contributed by atoms with E-state index in [1.807, 2.05) is 30.3 Å². The van der Waals surface area contributed by atoms with Crippen LogP contribution in [0.2, 0.25) is 0 Å². The minimum absolute atomic E-state index is 0. The topological polar surface area (TPSA) is 9.23 Å². The molecule has 0 amide bonds. The molecule has 1 aromatic carbocycles. The van der Waals surface area contributed by atoms with Crippen molar-refractivity contribution in [3.8, 4) is 5.75 Å². The smallest absolute Gasteiger partial charge is 0.789 e. The Bertz CT molecular complexity index is 179. The number of rotatable bonds is 3. The summed E-state index contributed by atoms with van der Waals surface area (Å²) in [6.07, 6.45) is 0. The third-order valence-corrected chi connectivity index (χ3v) is 1.26. The van der Waals surface area contributed by atoms with Crippen molar-refractivity contribution in [1.82, 2.24) is 0 Å². The summed E-state index contributed by atoms with van der Waals surface area (Å²) in [6.45, 7) is 0.624. The Balaban J connectivity index is 0.000001000. The van der Waals surface area contributed by atoms with Crippen LogP contribution >= 0.6 is 0 Å². The molecule has 0 atom stereocenters. The van der Waals surface area contributed by atoms with Gasteiger partial charge in [-0.3, -0.25) is 0 Å². The van der Waals surface area contributed by atoms with Crippen LogP contribution in [0, 0.1) is 0 Å². The summed E-state index contributed by atoms with van der Waals surface area (Å²) in [5.74, 6) is 1.54. The maximum atomic E-state index is 5.25. The summed E-state index contributed by atoms with van der Waals surface area (Å²) in [5, 5.41) is 0. The zero-order valence-corrected chi connectivity index (χ0v) is 9.43. The maximum absolute atomic E-state index is 5.25. The molecule has 0 heterocycles. The molecular weight excluding hydrogens is 167 g/mol. The summed E-state index contributed by atoms with van der Waals surface area (Å²) in [7, 11) is 0. The molecule has 0 aliphatic heterocycles. The Kier molecular flexibility index (Phi) is 7.28. The molecule has 3 heteroatoms. The average molecular weight is 176 g/mol. The van der Waals surface area contributed by atoms with Crippen LogP contribution in [0.3, 0.4) is 0 Å². The van der Waals surface area contributed by atoms with Crippen molar-refractivity contribution in [3.63, 3.8) is 0 Å². The Morgan fingerprint density at radius 3 is 2.36 bits per heavy atom. The Labute approximate surface area is 94.8 Å². The molecule has 1 nitrogen and oxygen atoms in total. The SMILES string of the molecule is [Na+].[S-]CCOc1ccccc1. The second-order valence-electron chi connectivity index (χ2n) is 1.87. The summed E-state index contributed by atoms with van der Waals surface area (Å²) in [5.41, 5.74) is 0. The van der Waals surface area contributed by atoms with E-state index in [0.717, 1.165) is 5.75 Å². The van der Waals surface area contributed by atoms with Crippen LogP contribution < -0.4 is 34.3 Å². The van der Waals surface area contributed by atoms with Gasteiger partial charge in [-0.15, -0.1) is 5.75 Å². The third kappa shape index (κ3) is 4.75. The number of hydrogen-bond donors (Lipinski definition) is 0. The average Bonchev–Trinajstić information content (AvgIpc) is 2.03. The molecular formula is C8H9NaOS. The van der Waals surface area contributed by atoms with Crippen LogP contribution in [0.5, 0.6) is 5.75 Å². The first-order valence-electron chi connectivity index (χ1n) is 3.19. The van der Waals surface area contributed by atoms with E-state index < -0.39 is 0 Å². The monoisotopic (exact) mass is 176 g/mol. The molecule has 0 spiro atoms. The zero-order chi connectivity index (χ0) is 7.23. The van der Waals surface area contributed by atoms with Gasteiger partial charge in [-0.25, -0.2) is 0 Å². The van der Waals surface area contributed by atoms with Gasteiger partial charge in [0.05, 0.1) is 6.61 Å². The van der Waals surface area contributed by atoms with E-state index >= 15 is 0 Å². The van der Waals surface area contributed by atoms with E-state index in [4.69, 9.17) is 17.4 Å². The van der Waals surface area contributed by atoms with Gasteiger partial charge in [-0.05, 0) is 12.1 Å². The molecule has 0 unspecified atom stereocenters. The van der Waals surface area contributed by atoms with Crippen molar-refractivity contribution >= 4 is 12.6 Å². The second-order valence-corrected chi connectivity index (χ2v) is 2.27. The molecule has 0 radical (unpaired) electrons. The predicted molar refractivity (Wildman–Crippen MR) is 44.2 cm³/mol. The van der Waals surface area contributed by atoms with Gasteiger partial charge in [0, 0.05) is 0 Å². The van der Waals surface area contributed by atoms with Crippen LogP contribution in [-0.2, 0) is 12.6 Å². The van der Waals surface area contributed by atoms with Crippen molar-refractivity contribution in [2.24, 2.45) is 0 Å². The minimum atomic E-state index is 0. The molecule has 54 valence electrons. The van der Waals surface area contributed by atoms with Crippen LogP contribution in [0.1, 0.15) is 0 Å². The molecule has 0 aromatic heterocycles. The van der Waals surface area contributed by atoms with Crippen LogP contribution in [0.25, 0.3) is 0 Å². The Morgan fingerprint density at radius 1 is 1.18 bits per heavy atom. The molecule has 1 rings (SSSR count). The van der Waals surface area contributed by atoms with Crippen LogP contribution in [-0.4, -0.2) is 12.4 Å². The number of ether oxygens (including phenoxy) is 1. The van der Waals surface area contributed by atoms with Gasteiger partial charge in [0.25, 0.3) is 0 Å².